The van der Waals surface area contributed by atoms with Gasteiger partial charge >= 0.3 is 12.1 Å². The highest BCUT2D eigenvalue weighted by molar-refractivity contribution is 9.10. The van der Waals surface area contributed by atoms with E-state index in [4.69, 9.17) is 14.9 Å². The summed E-state index contributed by atoms with van der Waals surface area (Å²) >= 11 is 3.51. The third-order valence-corrected chi connectivity index (χ3v) is 5.36. The number of hydrogen-bond acceptors (Lipinski definition) is 3. The lowest BCUT2D eigenvalue weighted by Crippen LogP contribution is -2.30. The first-order valence-corrected chi connectivity index (χ1v) is 9.23. The minimum absolute atomic E-state index is 0.451. The topological polar surface area (TPSA) is 66.6 Å². The van der Waals surface area contributed by atoms with E-state index < -0.39 is 12.1 Å². The van der Waals surface area contributed by atoms with Crippen molar-refractivity contribution in [3.05, 3.63) is 34.7 Å². The number of aromatic nitrogens is 2. The van der Waals surface area contributed by atoms with Crippen molar-refractivity contribution in [2.24, 2.45) is 5.92 Å². The number of aliphatic carboxylic acids is 1. The molecule has 2 N–H and O–H groups in total. The summed E-state index contributed by atoms with van der Waals surface area (Å²) in [5.74, 6) is -1.89. The molecule has 1 aliphatic carbocycles. The number of carboxylic acids is 1. The maximum absolute atomic E-state index is 10.6. The molecule has 0 amide bonds. The molecule has 1 aliphatic heterocycles. The number of hydrogen-bond donors (Lipinski definition) is 2. The Balaban J connectivity index is 0.000000242. The number of nitrogens with one attached hydrogen (secondary N) is 1. The molecule has 0 spiro atoms. The van der Waals surface area contributed by atoms with Gasteiger partial charge in [-0.3, -0.25) is 0 Å². The molecule has 2 fully saturated rings. The van der Waals surface area contributed by atoms with E-state index in [-0.39, 0.29) is 0 Å². The number of carbonyl (C=O) groups is 1. The molecule has 3 heterocycles. The van der Waals surface area contributed by atoms with Crippen molar-refractivity contribution >= 4 is 27.5 Å². The van der Waals surface area contributed by atoms with Crippen molar-refractivity contribution in [3.8, 4) is 0 Å². The van der Waals surface area contributed by atoms with E-state index >= 15 is 0 Å². The van der Waals surface area contributed by atoms with Crippen LogP contribution in [0, 0.1) is 5.92 Å². The largest absolute Gasteiger partial charge is 0.490 e. The lowest BCUT2D eigenvalue weighted by molar-refractivity contribution is -0.192. The Morgan fingerprint density at radius 1 is 1.27 bits per heavy atom. The summed E-state index contributed by atoms with van der Waals surface area (Å²) in [6.07, 6.45) is 5.97. The summed E-state index contributed by atoms with van der Waals surface area (Å²) in [4.78, 5) is 13.7. The lowest BCUT2D eigenvalue weighted by Gasteiger charge is -2.24. The van der Waals surface area contributed by atoms with Crippen molar-refractivity contribution in [1.29, 1.82) is 0 Å². The summed E-state index contributed by atoms with van der Waals surface area (Å²) in [7, 11) is 0. The first-order valence-electron chi connectivity index (χ1n) is 8.44. The third kappa shape index (κ3) is 4.37. The van der Waals surface area contributed by atoms with Gasteiger partial charge in [0.15, 0.2) is 0 Å². The van der Waals surface area contributed by atoms with Gasteiger partial charge in [-0.2, -0.15) is 13.2 Å². The molecule has 2 unspecified atom stereocenters. The minimum atomic E-state index is -5.08. The van der Waals surface area contributed by atoms with Gasteiger partial charge in [0.2, 0.25) is 0 Å². The van der Waals surface area contributed by atoms with E-state index in [1.165, 1.54) is 37.8 Å². The second-order valence-corrected chi connectivity index (χ2v) is 7.60. The first-order chi connectivity index (χ1) is 12.2. The Labute approximate surface area is 156 Å². The zero-order valence-electron chi connectivity index (χ0n) is 13.8. The van der Waals surface area contributed by atoms with Crippen LogP contribution in [0.3, 0.4) is 0 Å². The Kier molecular flexibility index (Phi) is 5.57. The average molecular weight is 434 g/mol. The fourth-order valence-electron chi connectivity index (χ4n) is 3.70. The average Bonchev–Trinajstić information content (AvgIpc) is 3.17. The molecule has 0 aromatic carbocycles. The number of carboxylic acid groups (broad SMARTS) is 1. The zero-order chi connectivity index (χ0) is 18.9. The maximum atomic E-state index is 10.6. The van der Waals surface area contributed by atoms with Crippen LogP contribution in [0.5, 0.6) is 0 Å². The predicted octanol–water partition coefficient (Wildman–Crippen LogP) is 4.32. The molecule has 2 aliphatic rings. The van der Waals surface area contributed by atoms with Crippen LogP contribution in [0.4, 0.5) is 13.2 Å². The Hall–Kier alpha value is -1.61. The molecule has 142 valence electrons. The van der Waals surface area contributed by atoms with Gasteiger partial charge in [0, 0.05) is 22.9 Å². The molecule has 2 aromatic rings. The maximum Gasteiger partial charge on any atom is 0.490 e. The number of rotatable bonds is 1. The van der Waals surface area contributed by atoms with E-state index in [1.807, 2.05) is 6.07 Å². The molecule has 9 heteroatoms. The van der Waals surface area contributed by atoms with E-state index in [1.54, 1.807) is 0 Å². The lowest BCUT2D eigenvalue weighted by atomic mass is 9.85. The third-order valence-electron chi connectivity index (χ3n) is 4.90. The van der Waals surface area contributed by atoms with Crippen LogP contribution in [0.1, 0.15) is 43.8 Å². The number of pyridine rings is 1. The molecule has 5 nitrogen and oxygen atoms in total. The van der Waals surface area contributed by atoms with Gasteiger partial charge in [-0.25, -0.2) is 9.78 Å². The number of nitrogens with zero attached hydrogens (tertiary/aromatic N) is 2. The SMILES string of the molecule is Brc1ccc2nc([C@H]3CC4CCCCC4N3)cn2c1.O=C(O)C(F)(F)F. The van der Waals surface area contributed by atoms with Crippen LogP contribution < -0.4 is 5.32 Å². The summed E-state index contributed by atoms with van der Waals surface area (Å²) in [5, 5.41) is 10.9. The summed E-state index contributed by atoms with van der Waals surface area (Å²) in [5.41, 5.74) is 2.24. The number of alkyl halides is 3. The molecular formula is C17H19BrF3N3O2. The monoisotopic (exact) mass is 433 g/mol. The van der Waals surface area contributed by atoms with Gasteiger partial charge in [0.25, 0.3) is 0 Å². The first kappa shape index (κ1) is 19.2. The second kappa shape index (κ2) is 7.56. The second-order valence-electron chi connectivity index (χ2n) is 6.69. The summed E-state index contributed by atoms with van der Waals surface area (Å²) in [6, 6.07) is 5.30. The highest BCUT2D eigenvalue weighted by Crippen LogP contribution is 2.38. The van der Waals surface area contributed by atoms with Gasteiger partial charge in [0.1, 0.15) is 5.65 Å². The van der Waals surface area contributed by atoms with Crippen molar-refractivity contribution in [2.75, 3.05) is 0 Å². The number of halogens is 4. The number of imidazole rings is 1. The fraction of sp³-hybridized carbons (Fsp3) is 0.529. The Morgan fingerprint density at radius 2 is 1.96 bits per heavy atom. The van der Waals surface area contributed by atoms with Crippen molar-refractivity contribution in [3.63, 3.8) is 0 Å². The van der Waals surface area contributed by atoms with Gasteiger partial charge in [-0.1, -0.05) is 12.8 Å². The van der Waals surface area contributed by atoms with Crippen LogP contribution >= 0.6 is 15.9 Å². The molecule has 4 rings (SSSR count). The van der Waals surface area contributed by atoms with Gasteiger partial charge in [0.05, 0.1) is 11.7 Å². The van der Waals surface area contributed by atoms with E-state index in [0.29, 0.717) is 6.04 Å². The standard InChI is InChI=1S/C15H18BrN3.C2HF3O2/c16-11-5-6-15-18-14(9-19(15)8-11)13-7-10-3-1-2-4-12(10)17-13;3-2(4,5)1(6)7/h5-6,8-10,12-13,17H,1-4,7H2;(H,6,7)/t10?,12?,13-;/m1./s1. The molecule has 3 atom stereocenters. The Bertz CT molecular complexity index is 779. The van der Waals surface area contributed by atoms with Crippen molar-refractivity contribution in [1.82, 2.24) is 14.7 Å². The smallest absolute Gasteiger partial charge is 0.475 e. The molecular weight excluding hydrogens is 415 g/mol. The normalized spacial score (nSPS) is 25.5. The van der Waals surface area contributed by atoms with Crippen LogP contribution in [-0.4, -0.2) is 32.7 Å². The summed E-state index contributed by atoms with van der Waals surface area (Å²) in [6.45, 7) is 0. The minimum Gasteiger partial charge on any atom is -0.475 e. The highest BCUT2D eigenvalue weighted by atomic mass is 79.9. The molecule has 26 heavy (non-hydrogen) atoms. The fourth-order valence-corrected chi connectivity index (χ4v) is 4.05. The molecule has 0 radical (unpaired) electrons. The van der Waals surface area contributed by atoms with Crippen molar-refractivity contribution < 1.29 is 23.1 Å². The van der Waals surface area contributed by atoms with Crippen LogP contribution in [0.25, 0.3) is 5.65 Å². The van der Waals surface area contributed by atoms with E-state index in [2.05, 4.69) is 44.1 Å². The van der Waals surface area contributed by atoms with Crippen molar-refractivity contribution in [2.45, 2.75) is 50.4 Å². The van der Waals surface area contributed by atoms with E-state index in [9.17, 15) is 13.2 Å². The molecule has 0 bridgehead atoms. The quantitative estimate of drug-likeness (QED) is 0.702. The zero-order valence-corrected chi connectivity index (χ0v) is 15.4. The predicted molar refractivity (Wildman–Crippen MR) is 92.8 cm³/mol. The van der Waals surface area contributed by atoms with Gasteiger partial charge in [-0.15, -0.1) is 0 Å². The number of fused-ring (bicyclic) bond motifs is 2. The van der Waals surface area contributed by atoms with Crippen LogP contribution in [0.2, 0.25) is 0 Å². The van der Waals surface area contributed by atoms with Crippen LogP contribution in [0.15, 0.2) is 29.0 Å². The van der Waals surface area contributed by atoms with Gasteiger partial charge < -0.3 is 14.8 Å². The van der Waals surface area contributed by atoms with E-state index in [0.717, 1.165) is 22.1 Å². The Morgan fingerprint density at radius 3 is 2.62 bits per heavy atom. The highest BCUT2D eigenvalue weighted by Gasteiger charge is 2.38. The summed E-state index contributed by atoms with van der Waals surface area (Å²) < 4.78 is 34.9. The molecule has 2 aromatic heterocycles. The van der Waals surface area contributed by atoms with Crippen LogP contribution in [-0.2, 0) is 4.79 Å². The van der Waals surface area contributed by atoms with Gasteiger partial charge in [-0.05, 0) is 53.2 Å². The molecule has 1 saturated carbocycles. The molecule has 1 saturated heterocycles.